The molecule has 0 radical (unpaired) electrons. The lowest BCUT2D eigenvalue weighted by Crippen LogP contribution is -2.16. The van der Waals surface area contributed by atoms with Crippen LogP contribution in [0.1, 0.15) is 18.4 Å². The molecule has 1 aromatic carbocycles. The van der Waals surface area contributed by atoms with Crippen LogP contribution in [0, 0.1) is 5.82 Å². The first-order valence-electron chi connectivity index (χ1n) is 4.73. The molecule has 14 heavy (non-hydrogen) atoms. The molecule has 1 aliphatic rings. The maximum atomic E-state index is 13.0. The zero-order chi connectivity index (χ0) is 10.3. The molecule has 0 aliphatic heterocycles. The van der Waals surface area contributed by atoms with Crippen molar-refractivity contribution in [1.82, 2.24) is 0 Å². The molecule has 0 heterocycles. The van der Waals surface area contributed by atoms with Crippen LogP contribution in [0.5, 0.6) is 0 Å². The Bertz CT molecular complexity index is 358. The van der Waals surface area contributed by atoms with Gasteiger partial charge in [0, 0.05) is 25.3 Å². The normalized spacial score (nSPS) is 18.0. The SMILES string of the molecule is CN(C)c1ccc(F)cc1C1(O)CC1. The Hall–Kier alpha value is -1.09. The molecule has 2 nitrogen and oxygen atoms in total. The highest BCUT2D eigenvalue weighted by Gasteiger charge is 2.44. The van der Waals surface area contributed by atoms with E-state index in [1.165, 1.54) is 12.1 Å². The lowest BCUT2D eigenvalue weighted by Gasteiger charge is -2.20. The summed E-state index contributed by atoms with van der Waals surface area (Å²) in [5, 5.41) is 9.96. The Morgan fingerprint density at radius 2 is 2.00 bits per heavy atom. The predicted molar refractivity (Wildman–Crippen MR) is 53.9 cm³/mol. The van der Waals surface area contributed by atoms with E-state index in [2.05, 4.69) is 0 Å². The number of halogens is 1. The summed E-state index contributed by atoms with van der Waals surface area (Å²) in [4.78, 5) is 1.89. The number of hydrogen-bond acceptors (Lipinski definition) is 2. The average Bonchev–Trinajstić information content (AvgIpc) is 2.84. The van der Waals surface area contributed by atoms with Crippen molar-refractivity contribution in [2.24, 2.45) is 0 Å². The zero-order valence-electron chi connectivity index (χ0n) is 8.42. The molecule has 1 N–H and O–H groups in total. The minimum absolute atomic E-state index is 0.286. The van der Waals surface area contributed by atoms with Gasteiger partial charge >= 0.3 is 0 Å². The molecule has 0 bridgehead atoms. The molecule has 2 rings (SSSR count). The first-order valence-corrected chi connectivity index (χ1v) is 4.73. The van der Waals surface area contributed by atoms with Gasteiger partial charge in [0.15, 0.2) is 0 Å². The van der Waals surface area contributed by atoms with Gasteiger partial charge in [0.25, 0.3) is 0 Å². The third-order valence-corrected chi connectivity index (χ3v) is 2.67. The largest absolute Gasteiger partial charge is 0.385 e. The van der Waals surface area contributed by atoms with Crippen molar-refractivity contribution in [1.29, 1.82) is 0 Å². The second-order valence-electron chi connectivity index (χ2n) is 4.09. The molecular formula is C11H14FNO. The summed E-state index contributed by atoms with van der Waals surface area (Å²) in [5.74, 6) is -0.286. The molecule has 0 aromatic heterocycles. The fourth-order valence-electron chi connectivity index (χ4n) is 1.66. The van der Waals surface area contributed by atoms with Gasteiger partial charge in [-0.3, -0.25) is 0 Å². The van der Waals surface area contributed by atoms with E-state index in [0.29, 0.717) is 5.56 Å². The Morgan fingerprint density at radius 1 is 1.36 bits per heavy atom. The van der Waals surface area contributed by atoms with Crippen molar-refractivity contribution in [3.63, 3.8) is 0 Å². The molecular weight excluding hydrogens is 181 g/mol. The van der Waals surface area contributed by atoms with E-state index in [1.807, 2.05) is 19.0 Å². The molecule has 0 spiro atoms. The summed E-state index contributed by atoms with van der Waals surface area (Å²) < 4.78 is 13.0. The van der Waals surface area contributed by atoms with Gasteiger partial charge in [-0.05, 0) is 31.0 Å². The van der Waals surface area contributed by atoms with Crippen LogP contribution in [-0.2, 0) is 5.60 Å². The Labute approximate surface area is 83.0 Å². The van der Waals surface area contributed by atoms with Crippen molar-refractivity contribution < 1.29 is 9.50 Å². The van der Waals surface area contributed by atoms with Crippen LogP contribution in [0.25, 0.3) is 0 Å². The third-order valence-electron chi connectivity index (χ3n) is 2.67. The monoisotopic (exact) mass is 195 g/mol. The summed E-state index contributed by atoms with van der Waals surface area (Å²) in [6.07, 6.45) is 1.47. The summed E-state index contributed by atoms with van der Waals surface area (Å²) in [6.45, 7) is 0. The number of anilines is 1. The third kappa shape index (κ3) is 1.48. The van der Waals surface area contributed by atoms with Crippen LogP contribution in [-0.4, -0.2) is 19.2 Å². The number of aliphatic hydroxyl groups is 1. The van der Waals surface area contributed by atoms with E-state index in [0.717, 1.165) is 18.5 Å². The molecule has 1 aromatic rings. The van der Waals surface area contributed by atoms with Gasteiger partial charge in [0.2, 0.25) is 0 Å². The number of nitrogens with zero attached hydrogens (tertiary/aromatic N) is 1. The second kappa shape index (κ2) is 2.95. The molecule has 0 amide bonds. The smallest absolute Gasteiger partial charge is 0.123 e. The topological polar surface area (TPSA) is 23.5 Å². The number of hydrogen-bond donors (Lipinski definition) is 1. The molecule has 0 atom stereocenters. The van der Waals surface area contributed by atoms with Crippen molar-refractivity contribution in [2.45, 2.75) is 18.4 Å². The molecule has 3 heteroatoms. The zero-order valence-corrected chi connectivity index (χ0v) is 8.42. The van der Waals surface area contributed by atoms with Crippen molar-refractivity contribution in [3.8, 4) is 0 Å². The van der Waals surface area contributed by atoms with E-state index in [4.69, 9.17) is 0 Å². The minimum Gasteiger partial charge on any atom is -0.385 e. The summed E-state index contributed by atoms with van der Waals surface area (Å²) in [6, 6.07) is 4.56. The van der Waals surface area contributed by atoms with E-state index >= 15 is 0 Å². The summed E-state index contributed by atoms with van der Waals surface area (Å²) in [5.41, 5.74) is 0.829. The van der Waals surface area contributed by atoms with Crippen LogP contribution in [0.4, 0.5) is 10.1 Å². The molecule has 1 fully saturated rings. The van der Waals surface area contributed by atoms with Gasteiger partial charge < -0.3 is 10.0 Å². The molecule has 76 valence electrons. The van der Waals surface area contributed by atoms with E-state index in [1.54, 1.807) is 6.07 Å². The number of benzene rings is 1. The summed E-state index contributed by atoms with van der Waals surface area (Å²) >= 11 is 0. The summed E-state index contributed by atoms with van der Waals surface area (Å²) in [7, 11) is 3.78. The molecule has 1 aliphatic carbocycles. The molecule has 0 unspecified atom stereocenters. The van der Waals surface area contributed by atoms with Crippen LogP contribution >= 0.6 is 0 Å². The van der Waals surface area contributed by atoms with Gasteiger partial charge in [0.05, 0.1) is 5.60 Å². The van der Waals surface area contributed by atoms with E-state index < -0.39 is 5.60 Å². The van der Waals surface area contributed by atoms with Gasteiger partial charge in [-0.25, -0.2) is 4.39 Å². The Morgan fingerprint density at radius 3 is 2.50 bits per heavy atom. The Balaban J connectivity index is 2.49. The average molecular weight is 195 g/mol. The van der Waals surface area contributed by atoms with Crippen molar-refractivity contribution >= 4 is 5.69 Å². The quantitative estimate of drug-likeness (QED) is 0.778. The highest BCUT2D eigenvalue weighted by molar-refractivity contribution is 5.56. The first kappa shape index (κ1) is 9.46. The van der Waals surface area contributed by atoms with Gasteiger partial charge in [-0.15, -0.1) is 0 Å². The van der Waals surface area contributed by atoms with Crippen LogP contribution in [0.15, 0.2) is 18.2 Å². The molecule has 0 saturated heterocycles. The number of rotatable bonds is 2. The highest BCUT2D eigenvalue weighted by Crippen LogP contribution is 2.48. The standard InChI is InChI=1S/C11H14FNO/c1-13(2)10-4-3-8(12)7-9(10)11(14)5-6-11/h3-4,7,14H,5-6H2,1-2H3. The van der Waals surface area contributed by atoms with Crippen molar-refractivity contribution in [2.75, 3.05) is 19.0 Å². The molecule has 1 saturated carbocycles. The van der Waals surface area contributed by atoms with Gasteiger partial charge in [-0.1, -0.05) is 0 Å². The lowest BCUT2D eigenvalue weighted by molar-refractivity contribution is 0.151. The lowest BCUT2D eigenvalue weighted by atomic mass is 10.0. The van der Waals surface area contributed by atoms with Gasteiger partial charge in [-0.2, -0.15) is 0 Å². The highest BCUT2D eigenvalue weighted by atomic mass is 19.1. The minimum atomic E-state index is -0.776. The van der Waals surface area contributed by atoms with Gasteiger partial charge in [0.1, 0.15) is 5.82 Å². The fourth-order valence-corrected chi connectivity index (χ4v) is 1.66. The van der Waals surface area contributed by atoms with E-state index in [9.17, 15) is 9.50 Å². The van der Waals surface area contributed by atoms with Crippen LogP contribution < -0.4 is 4.90 Å². The van der Waals surface area contributed by atoms with Crippen molar-refractivity contribution in [3.05, 3.63) is 29.6 Å². The first-order chi connectivity index (χ1) is 6.53. The maximum Gasteiger partial charge on any atom is 0.123 e. The van der Waals surface area contributed by atoms with Crippen LogP contribution in [0.3, 0.4) is 0 Å². The predicted octanol–water partition coefficient (Wildman–Crippen LogP) is 1.87. The fraction of sp³-hybridized carbons (Fsp3) is 0.455. The van der Waals surface area contributed by atoms with E-state index in [-0.39, 0.29) is 5.82 Å². The Kier molecular flexibility index (Phi) is 2.00. The second-order valence-corrected chi connectivity index (χ2v) is 4.09. The van der Waals surface area contributed by atoms with Crippen LogP contribution in [0.2, 0.25) is 0 Å². The maximum absolute atomic E-state index is 13.0.